The van der Waals surface area contributed by atoms with Crippen molar-refractivity contribution in [3.8, 4) is 5.75 Å². The van der Waals surface area contributed by atoms with E-state index in [1.165, 1.54) is 0 Å². The normalized spacial score (nSPS) is 11.9. The molecule has 0 aliphatic carbocycles. The minimum atomic E-state index is -4.13. The molecule has 0 fully saturated rings. The molecular formula is C14H21F3N2O. The number of hydrogen-bond acceptors (Lipinski definition) is 3. The Labute approximate surface area is 117 Å². The number of nitrogens with one attached hydrogen (secondary N) is 1. The van der Waals surface area contributed by atoms with Crippen LogP contribution in [0.1, 0.15) is 37.9 Å². The fraction of sp³-hybridized carbons (Fsp3) is 0.643. The first-order valence-electron chi connectivity index (χ1n) is 6.66. The standard InChI is InChI=1S/C14H21F3N2O/c1-10(2)18-8-12-9-19-11(3)7-13(12)20-6-4-5-14(15,16)17/h7,9-10,18H,4-6,8H2,1-3H3. The van der Waals surface area contributed by atoms with Crippen LogP contribution in [0.5, 0.6) is 5.75 Å². The summed E-state index contributed by atoms with van der Waals surface area (Å²) in [6.07, 6.45) is -3.29. The molecule has 0 radical (unpaired) electrons. The van der Waals surface area contributed by atoms with Crippen LogP contribution >= 0.6 is 0 Å². The second-order valence-corrected chi connectivity index (χ2v) is 5.04. The lowest BCUT2D eigenvalue weighted by atomic mass is 10.2. The Balaban J connectivity index is 2.56. The van der Waals surface area contributed by atoms with Crippen molar-refractivity contribution >= 4 is 0 Å². The molecule has 1 heterocycles. The number of hydrogen-bond donors (Lipinski definition) is 1. The molecule has 1 N–H and O–H groups in total. The molecule has 1 rings (SSSR count). The maximum atomic E-state index is 12.1. The van der Waals surface area contributed by atoms with Gasteiger partial charge in [-0.15, -0.1) is 0 Å². The third-order valence-electron chi connectivity index (χ3n) is 2.64. The fourth-order valence-corrected chi connectivity index (χ4v) is 1.60. The summed E-state index contributed by atoms with van der Waals surface area (Å²) in [6.45, 7) is 6.50. The monoisotopic (exact) mass is 290 g/mol. The van der Waals surface area contributed by atoms with Crippen molar-refractivity contribution in [2.24, 2.45) is 0 Å². The Morgan fingerprint density at radius 3 is 2.65 bits per heavy atom. The number of aryl methyl sites for hydroxylation is 1. The van der Waals surface area contributed by atoms with E-state index in [9.17, 15) is 13.2 Å². The van der Waals surface area contributed by atoms with Gasteiger partial charge < -0.3 is 10.1 Å². The molecular weight excluding hydrogens is 269 g/mol. The molecule has 114 valence electrons. The minimum absolute atomic E-state index is 0.0398. The molecule has 0 atom stereocenters. The Morgan fingerprint density at radius 1 is 1.35 bits per heavy atom. The Hall–Kier alpha value is -1.30. The Bertz CT molecular complexity index is 419. The third-order valence-corrected chi connectivity index (χ3v) is 2.64. The highest BCUT2D eigenvalue weighted by Gasteiger charge is 2.26. The highest BCUT2D eigenvalue weighted by molar-refractivity contribution is 5.32. The lowest BCUT2D eigenvalue weighted by Gasteiger charge is -2.14. The summed E-state index contributed by atoms with van der Waals surface area (Å²) in [5.74, 6) is 0.604. The average Bonchev–Trinajstić information content (AvgIpc) is 2.32. The van der Waals surface area contributed by atoms with Crippen LogP contribution in [0.15, 0.2) is 12.3 Å². The smallest absolute Gasteiger partial charge is 0.389 e. The van der Waals surface area contributed by atoms with Gasteiger partial charge >= 0.3 is 6.18 Å². The lowest BCUT2D eigenvalue weighted by Crippen LogP contribution is -2.22. The number of ether oxygens (including phenoxy) is 1. The number of aromatic nitrogens is 1. The molecule has 20 heavy (non-hydrogen) atoms. The molecule has 6 heteroatoms. The third kappa shape index (κ3) is 6.75. The first-order valence-corrected chi connectivity index (χ1v) is 6.66. The highest BCUT2D eigenvalue weighted by Crippen LogP contribution is 2.23. The van der Waals surface area contributed by atoms with Crippen LogP contribution in [0.3, 0.4) is 0 Å². The summed E-state index contributed by atoms with van der Waals surface area (Å²) in [5, 5.41) is 3.24. The Morgan fingerprint density at radius 2 is 2.05 bits per heavy atom. The summed E-state index contributed by atoms with van der Waals surface area (Å²) >= 11 is 0. The van der Waals surface area contributed by atoms with Gasteiger partial charge in [-0.3, -0.25) is 4.98 Å². The van der Waals surface area contributed by atoms with Gasteiger partial charge in [0.25, 0.3) is 0 Å². The van der Waals surface area contributed by atoms with Gasteiger partial charge in [0.05, 0.1) is 6.61 Å². The van der Waals surface area contributed by atoms with Crippen LogP contribution < -0.4 is 10.1 Å². The molecule has 0 amide bonds. The summed E-state index contributed by atoms with van der Waals surface area (Å²) in [6, 6.07) is 2.07. The zero-order valence-electron chi connectivity index (χ0n) is 12.0. The van der Waals surface area contributed by atoms with Gasteiger partial charge in [0.2, 0.25) is 0 Å². The predicted octanol–water partition coefficient (Wildman–Crippen LogP) is 3.61. The molecule has 0 aliphatic heterocycles. The lowest BCUT2D eigenvalue weighted by molar-refractivity contribution is -0.136. The Kier molecular flexibility index (Phi) is 6.26. The number of halogens is 3. The minimum Gasteiger partial charge on any atom is -0.493 e. The molecule has 1 aromatic heterocycles. The molecule has 1 aromatic rings. The summed E-state index contributed by atoms with van der Waals surface area (Å²) < 4.78 is 41.6. The van der Waals surface area contributed by atoms with Crippen molar-refractivity contribution in [1.29, 1.82) is 0 Å². The van der Waals surface area contributed by atoms with Gasteiger partial charge in [0.15, 0.2) is 0 Å². The van der Waals surface area contributed by atoms with E-state index in [1.807, 2.05) is 20.8 Å². The molecule has 3 nitrogen and oxygen atoms in total. The van der Waals surface area contributed by atoms with Gasteiger partial charge in [0.1, 0.15) is 5.75 Å². The van der Waals surface area contributed by atoms with E-state index in [1.54, 1.807) is 12.3 Å². The van der Waals surface area contributed by atoms with Crippen LogP contribution in [0, 0.1) is 6.92 Å². The zero-order valence-corrected chi connectivity index (χ0v) is 12.0. The van der Waals surface area contributed by atoms with Crippen LogP contribution in [0.4, 0.5) is 13.2 Å². The van der Waals surface area contributed by atoms with Gasteiger partial charge in [-0.2, -0.15) is 13.2 Å². The number of rotatable bonds is 7. The molecule has 0 spiro atoms. The highest BCUT2D eigenvalue weighted by atomic mass is 19.4. The van der Waals surface area contributed by atoms with Gasteiger partial charge in [-0.25, -0.2) is 0 Å². The fourth-order valence-electron chi connectivity index (χ4n) is 1.60. The van der Waals surface area contributed by atoms with E-state index in [4.69, 9.17) is 4.74 Å². The van der Waals surface area contributed by atoms with Crippen molar-refractivity contribution in [3.05, 3.63) is 23.5 Å². The van der Waals surface area contributed by atoms with E-state index >= 15 is 0 Å². The van der Waals surface area contributed by atoms with Gasteiger partial charge in [-0.1, -0.05) is 13.8 Å². The van der Waals surface area contributed by atoms with Gasteiger partial charge in [-0.05, 0) is 13.3 Å². The number of pyridine rings is 1. The summed E-state index contributed by atoms with van der Waals surface area (Å²) in [7, 11) is 0. The molecule has 0 aromatic carbocycles. The number of nitrogens with zero attached hydrogens (tertiary/aromatic N) is 1. The van der Waals surface area contributed by atoms with E-state index in [2.05, 4.69) is 10.3 Å². The average molecular weight is 290 g/mol. The second-order valence-electron chi connectivity index (χ2n) is 5.04. The molecule has 0 saturated heterocycles. The zero-order chi connectivity index (χ0) is 15.2. The van der Waals surface area contributed by atoms with Crippen molar-refractivity contribution < 1.29 is 17.9 Å². The second kappa shape index (κ2) is 7.47. The molecule has 0 bridgehead atoms. The quantitative estimate of drug-likeness (QED) is 0.779. The summed E-state index contributed by atoms with van der Waals surface area (Å²) in [4.78, 5) is 4.19. The van der Waals surface area contributed by atoms with Crippen molar-refractivity contribution in [2.45, 2.75) is 52.4 Å². The first kappa shape index (κ1) is 16.8. The van der Waals surface area contributed by atoms with E-state index < -0.39 is 12.6 Å². The molecule has 0 unspecified atom stereocenters. The maximum Gasteiger partial charge on any atom is 0.389 e. The topological polar surface area (TPSA) is 34.1 Å². The predicted molar refractivity (Wildman–Crippen MR) is 71.7 cm³/mol. The van der Waals surface area contributed by atoms with Crippen LogP contribution in [0.25, 0.3) is 0 Å². The van der Waals surface area contributed by atoms with Crippen LogP contribution in [0.2, 0.25) is 0 Å². The van der Waals surface area contributed by atoms with E-state index in [-0.39, 0.29) is 13.0 Å². The van der Waals surface area contributed by atoms with Crippen molar-refractivity contribution in [3.63, 3.8) is 0 Å². The molecule has 0 saturated carbocycles. The van der Waals surface area contributed by atoms with Crippen LogP contribution in [-0.4, -0.2) is 23.8 Å². The summed E-state index contributed by atoms with van der Waals surface area (Å²) in [5.41, 5.74) is 1.64. The van der Waals surface area contributed by atoms with E-state index in [0.717, 1.165) is 11.3 Å². The maximum absolute atomic E-state index is 12.1. The number of alkyl halides is 3. The van der Waals surface area contributed by atoms with Gasteiger partial charge in [0, 0.05) is 42.5 Å². The van der Waals surface area contributed by atoms with E-state index in [0.29, 0.717) is 18.3 Å². The van der Waals surface area contributed by atoms with Crippen molar-refractivity contribution in [2.75, 3.05) is 6.61 Å². The SMILES string of the molecule is Cc1cc(OCCCC(F)(F)F)c(CNC(C)C)cn1. The first-order chi connectivity index (χ1) is 9.28. The molecule has 0 aliphatic rings. The van der Waals surface area contributed by atoms with Crippen LogP contribution in [-0.2, 0) is 6.54 Å². The van der Waals surface area contributed by atoms with Crippen molar-refractivity contribution in [1.82, 2.24) is 10.3 Å². The largest absolute Gasteiger partial charge is 0.493 e.